The van der Waals surface area contributed by atoms with Crippen molar-refractivity contribution in [3.8, 4) is 72.5 Å². The van der Waals surface area contributed by atoms with Crippen LogP contribution in [0.15, 0.2) is 425 Å². The Morgan fingerprint density at radius 2 is 0.536 bits per heavy atom. The van der Waals surface area contributed by atoms with Crippen LogP contribution in [-0.2, 0) is 0 Å². The van der Waals surface area contributed by atoms with E-state index in [9.17, 15) is 5.11 Å². The van der Waals surface area contributed by atoms with Crippen LogP contribution in [0.1, 0.15) is 22.3 Å². The van der Waals surface area contributed by atoms with Crippen LogP contribution in [0, 0.1) is 0 Å². The van der Waals surface area contributed by atoms with Gasteiger partial charge in [-0.2, -0.15) is 0 Å². The summed E-state index contributed by atoms with van der Waals surface area (Å²) in [4.78, 5) is 15.9. The summed E-state index contributed by atoms with van der Waals surface area (Å²) in [5.41, 5.74) is 26.5. The fourth-order valence-corrected chi connectivity index (χ4v) is 14.2. The maximum Gasteiger partial charge on any atom is 1.00 e. The van der Waals surface area contributed by atoms with Gasteiger partial charge in [0.25, 0.3) is 0 Å². The van der Waals surface area contributed by atoms with Gasteiger partial charge in [0.05, 0.1) is 0 Å². The van der Waals surface area contributed by atoms with Crippen LogP contribution in [0.25, 0.3) is 124 Å². The van der Waals surface area contributed by atoms with Crippen LogP contribution >= 0.6 is 0 Å². The van der Waals surface area contributed by atoms with Gasteiger partial charge in [0.1, 0.15) is 0 Å². The van der Waals surface area contributed by atoms with Crippen molar-refractivity contribution >= 4 is 90.9 Å². The Labute approximate surface area is 655 Å². The molecular weight excluding hydrogens is 1330 g/mol. The normalized spacial score (nSPS) is 11.0. The smallest absolute Gasteiger partial charge is 0.868 e. The van der Waals surface area contributed by atoms with Crippen LogP contribution in [0.2, 0.25) is 0 Å². The van der Waals surface area contributed by atoms with Gasteiger partial charge >= 0.3 is 18.9 Å². The Balaban J connectivity index is 0.000000154. The van der Waals surface area contributed by atoms with Gasteiger partial charge in [0.2, 0.25) is 5.52 Å². The van der Waals surface area contributed by atoms with E-state index < -0.39 is 0 Å². The van der Waals surface area contributed by atoms with Crippen molar-refractivity contribution in [3.05, 3.63) is 448 Å². The predicted octanol–water partition coefficient (Wildman–Crippen LogP) is 23.5. The minimum Gasteiger partial charge on any atom is -0.868 e. The average Bonchev–Trinajstić information content (AvgIpc) is 0.729. The summed E-state index contributed by atoms with van der Waals surface area (Å²) in [5, 5.41) is 17.1. The van der Waals surface area contributed by atoms with Crippen molar-refractivity contribution in [1.29, 1.82) is 0 Å². The zero-order valence-corrected chi connectivity index (χ0v) is 60.9. The standard InChI is InChI=1S/C52H40N2.C42H28N2.C9H7NO.Li/c1-5-13-47(14-6-1)53(48-15-7-2-8-16-48)51-37-29-43(30-38-51)23-21-41-25-33-45(34-26-41)46-35-27-42(28-36-46)22-24-44-31-39-52(40-32-44)54(49-17-9-3-10-18-49)50-19-11-4-12-20-50;1-2-8-29(9-3-1)34-16-17-39-40(28-34)42(36-13-7-11-33(27-36)31-20-24-44-25-21-31)38-15-5-4-14-37(38)41(39)35-12-6-10-32(26-35)30-18-22-43-23-19-30;11-8-5-1-3-7-4-2-6-10-9(7)8;/h1-40H;1-28H;1-6,11H;/q;;;+1/b23-21+,24-22+;;;. The summed E-state index contributed by atoms with van der Waals surface area (Å²) in [6, 6.07) is 138. The van der Waals surface area contributed by atoms with Crippen molar-refractivity contribution < 1.29 is 29.0 Å². The summed E-state index contributed by atoms with van der Waals surface area (Å²) in [6.45, 7) is 0. The summed E-state index contributed by atoms with van der Waals surface area (Å²) in [5.74, 6) is 0.0445. The SMILES string of the molecule is C(=C\c1ccc(N(c2ccccc2)c2ccccc2)cc1)/c1ccc(-c2ccc(/C=C/c3ccc(N(c4ccccc4)c4ccccc4)cc3)cc2)cc1.[Li+].[O-]c1cccc2ccc[nH+]c12.c1ccc(-c2ccc3c(-c4cccc(-c5ccncc5)c4)c4ccccc4c(-c4cccc(-c5ccncc5)c4)c3c2)cc1. The summed E-state index contributed by atoms with van der Waals surface area (Å²) in [7, 11) is 0. The fourth-order valence-electron chi connectivity index (χ4n) is 14.2. The number of benzene rings is 15. The van der Waals surface area contributed by atoms with Gasteiger partial charge in [-0.25, -0.2) is 4.98 Å². The Bertz CT molecular complexity index is 5850. The minimum absolute atomic E-state index is 0. The van der Waals surface area contributed by atoms with Crippen molar-refractivity contribution in [1.82, 2.24) is 9.97 Å². The molecule has 0 aliphatic rings. The number of anilines is 6. The van der Waals surface area contributed by atoms with Crippen LogP contribution in [0.4, 0.5) is 34.1 Å². The van der Waals surface area contributed by atoms with E-state index in [-0.39, 0.29) is 24.6 Å². The number of rotatable bonds is 16. The van der Waals surface area contributed by atoms with Crippen molar-refractivity contribution in [2.75, 3.05) is 9.80 Å². The van der Waals surface area contributed by atoms with Crippen molar-refractivity contribution in [3.63, 3.8) is 0 Å². The Morgan fingerprint density at radius 3 is 0.955 bits per heavy atom. The Hall–Kier alpha value is -14.0. The number of aromatic amines is 1. The molecule has 0 spiro atoms. The number of nitrogens with one attached hydrogen (secondary N) is 1. The molecule has 0 saturated heterocycles. The number of fused-ring (bicyclic) bond motifs is 3. The zero-order valence-electron chi connectivity index (χ0n) is 60.9. The largest absolute Gasteiger partial charge is 1.00 e. The first kappa shape index (κ1) is 71.6. The maximum atomic E-state index is 11.1. The van der Waals surface area contributed by atoms with Gasteiger partial charge in [-0.05, 0) is 244 Å². The number of aromatic nitrogens is 3. The molecule has 0 saturated carbocycles. The van der Waals surface area contributed by atoms with Gasteiger partial charge in [0, 0.05) is 70.4 Å². The molecule has 0 radical (unpaired) electrons. The third kappa shape index (κ3) is 16.6. The van der Waals surface area contributed by atoms with E-state index in [1.807, 2.05) is 43.0 Å². The molecule has 0 atom stereocenters. The number of nitrogens with zero attached hydrogens (tertiary/aromatic N) is 4. The van der Waals surface area contributed by atoms with E-state index in [1.54, 1.807) is 18.3 Å². The average molecular weight is 1410 g/mol. The molecule has 0 bridgehead atoms. The molecule has 7 heteroatoms. The first-order valence-corrected chi connectivity index (χ1v) is 36.7. The molecule has 0 amide bonds. The molecule has 18 rings (SSSR count). The third-order valence-corrected chi connectivity index (χ3v) is 19.6. The van der Waals surface area contributed by atoms with Gasteiger partial charge in [-0.3, -0.25) is 9.97 Å². The number of hydrogen-bond donors (Lipinski definition) is 0. The molecule has 518 valence electrons. The van der Waals surface area contributed by atoms with E-state index in [0.29, 0.717) is 5.52 Å². The number of para-hydroxylation sites is 5. The second-order valence-electron chi connectivity index (χ2n) is 26.6. The summed E-state index contributed by atoms with van der Waals surface area (Å²) in [6.07, 6.45) is 17.9. The van der Waals surface area contributed by atoms with Crippen LogP contribution in [-0.4, -0.2) is 9.97 Å². The van der Waals surface area contributed by atoms with E-state index in [2.05, 4.69) is 413 Å². The van der Waals surface area contributed by atoms with E-state index >= 15 is 0 Å². The Kier molecular flexibility index (Phi) is 22.5. The second-order valence-corrected chi connectivity index (χ2v) is 26.6. The first-order valence-electron chi connectivity index (χ1n) is 36.7. The second kappa shape index (κ2) is 34.5. The zero-order chi connectivity index (χ0) is 73.3. The summed E-state index contributed by atoms with van der Waals surface area (Å²) >= 11 is 0. The number of hydrogen-bond acceptors (Lipinski definition) is 5. The monoisotopic (exact) mass is 1400 g/mol. The number of H-pyrrole nitrogens is 1. The molecule has 3 aromatic heterocycles. The molecule has 6 nitrogen and oxygen atoms in total. The molecule has 110 heavy (non-hydrogen) atoms. The van der Waals surface area contributed by atoms with E-state index in [1.165, 1.54) is 88.3 Å². The molecule has 0 unspecified atom stereocenters. The molecular formula is C103H75LiN5O+. The maximum absolute atomic E-state index is 11.1. The van der Waals surface area contributed by atoms with Gasteiger partial charge in [-0.15, -0.1) is 0 Å². The van der Waals surface area contributed by atoms with Crippen molar-refractivity contribution in [2.24, 2.45) is 0 Å². The van der Waals surface area contributed by atoms with Crippen LogP contribution < -0.4 is 38.8 Å². The van der Waals surface area contributed by atoms with Crippen LogP contribution in [0.5, 0.6) is 5.75 Å². The molecule has 18 aromatic rings. The summed E-state index contributed by atoms with van der Waals surface area (Å²) < 4.78 is 0. The topological polar surface area (TPSA) is 69.5 Å². The fraction of sp³-hybridized carbons (Fsp3) is 0. The van der Waals surface area contributed by atoms with Gasteiger partial charge < -0.3 is 14.9 Å². The van der Waals surface area contributed by atoms with E-state index in [4.69, 9.17) is 0 Å². The van der Waals surface area contributed by atoms with Crippen LogP contribution in [0.3, 0.4) is 0 Å². The van der Waals surface area contributed by atoms with Crippen molar-refractivity contribution in [2.45, 2.75) is 0 Å². The molecule has 15 aromatic carbocycles. The van der Waals surface area contributed by atoms with E-state index in [0.717, 1.165) is 61.8 Å². The first-order chi connectivity index (χ1) is 54.0. The quantitative estimate of drug-likeness (QED) is 0.0548. The number of pyridine rings is 3. The third-order valence-electron chi connectivity index (χ3n) is 19.6. The Morgan fingerprint density at radius 1 is 0.236 bits per heavy atom. The molecule has 1 N–H and O–H groups in total. The predicted molar refractivity (Wildman–Crippen MR) is 456 cm³/mol. The minimum atomic E-state index is 0. The van der Waals surface area contributed by atoms with Gasteiger partial charge in [0.15, 0.2) is 6.20 Å². The van der Waals surface area contributed by atoms with Gasteiger partial charge in [-0.1, -0.05) is 285 Å². The molecule has 0 aliphatic carbocycles. The molecule has 0 fully saturated rings. The molecule has 3 heterocycles. The molecule has 0 aliphatic heterocycles.